The van der Waals surface area contributed by atoms with Crippen molar-refractivity contribution in [1.82, 2.24) is 4.90 Å². The van der Waals surface area contributed by atoms with E-state index in [9.17, 15) is 39.6 Å². The number of rotatable bonds is 7. The van der Waals surface area contributed by atoms with Gasteiger partial charge in [0.1, 0.15) is 5.75 Å². The Bertz CT molecular complexity index is 1060. The van der Waals surface area contributed by atoms with Crippen LogP contribution in [0.4, 0.5) is 26.3 Å². The average molecular weight is 497 g/mol. The lowest BCUT2D eigenvalue weighted by atomic mass is 10.0. The second kappa shape index (κ2) is 9.62. The molecule has 1 amide bonds. The Morgan fingerprint density at radius 1 is 0.939 bits per heavy atom. The standard InChI is InChI=1S/C21H21F6NO4S/c1-4-33(30,31)32-18-7-5-14(6-8-18)12-28(13(2)3)19(29)15-9-16(20(22,23)24)11-17(10-15)21(25,26)27/h5-11,13H,4,12H2,1-3H3. The van der Waals surface area contributed by atoms with E-state index in [1.165, 1.54) is 31.2 Å². The Morgan fingerprint density at radius 3 is 1.82 bits per heavy atom. The van der Waals surface area contributed by atoms with E-state index >= 15 is 0 Å². The van der Waals surface area contributed by atoms with E-state index in [2.05, 4.69) is 0 Å². The molecule has 0 aliphatic carbocycles. The highest BCUT2D eigenvalue weighted by atomic mass is 32.2. The molecule has 33 heavy (non-hydrogen) atoms. The molecule has 0 bridgehead atoms. The fourth-order valence-corrected chi connectivity index (χ4v) is 3.31. The summed E-state index contributed by atoms with van der Waals surface area (Å²) in [5.74, 6) is -1.24. The molecular weight excluding hydrogens is 476 g/mol. The molecule has 0 saturated heterocycles. The fourth-order valence-electron chi connectivity index (χ4n) is 2.79. The summed E-state index contributed by atoms with van der Waals surface area (Å²) in [6, 6.07) is 5.71. The summed E-state index contributed by atoms with van der Waals surface area (Å²) in [5, 5.41) is 0. The largest absolute Gasteiger partial charge is 0.416 e. The zero-order chi connectivity index (χ0) is 25.2. The summed E-state index contributed by atoms with van der Waals surface area (Å²) in [4.78, 5) is 14.0. The number of benzene rings is 2. The summed E-state index contributed by atoms with van der Waals surface area (Å²) < 4.78 is 107. The Morgan fingerprint density at radius 2 is 1.42 bits per heavy atom. The van der Waals surface area contributed by atoms with Crippen LogP contribution in [-0.2, 0) is 29.0 Å². The molecule has 0 heterocycles. The molecule has 0 atom stereocenters. The van der Waals surface area contributed by atoms with Gasteiger partial charge in [0.25, 0.3) is 5.91 Å². The molecule has 0 spiro atoms. The van der Waals surface area contributed by atoms with Crippen molar-refractivity contribution >= 4 is 16.0 Å². The Labute approximate surface area is 187 Å². The van der Waals surface area contributed by atoms with Gasteiger partial charge in [0, 0.05) is 18.2 Å². The van der Waals surface area contributed by atoms with Gasteiger partial charge < -0.3 is 9.08 Å². The number of halogens is 6. The molecule has 5 nitrogen and oxygen atoms in total. The van der Waals surface area contributed by atoms with E-state index in [4.69, 9.17) is 4.18 Å². The van der Waals surface area contributed by atoms with Crippen molar-refractivity contribution in [3.05, 3.63) is 64.7 Å². The van der Waals surface area contributed by atoms with Crippen molar-refractivity contribution in [2.75, 3.05) is 5.75 Å². The van der Waals surface area contributed by atoms with Gasteiger partial charge in [-0.15, -0.1) is 0 Å². The van der Waals surface area contributed by atoms with Crippen molar-refractivity contribution in [1.29, 1.82) is 0 Å². The Balaban J connectivity index is 2.37. The van der Waals surface area contributed by atoms with E-state index in [1.54, 1.807) is 13.8 Å². The van der Waals surface area contributed by atoms with Gasteiger partial charge in [0.2, 0.25) is 0 Å². The van der Waals surface area contributed by atoms with Crippen LogP contribution in [0.2, 0.25) is 0 Å². The maximum atomic E-state index is 13.1. The van der Waals surface area contributed by atoms with Gasteiger partial charge in [0.05, 0.1) is 16.9 Å². The molecule has 2 rings (SSSR count). The lowest BCUT2D eigenvalue weighted by molar-refractivity contribution is -0.143. The van der Waals surface area contributed by atoms with Crippen LogP contribution in [0.3, 0.4) is 0 Å². The quantitative estimate of drug-likeness (QED) is 0.374. The van der Waals surface area contributed by atoms with Crippen LogP contribution in [0, 0.1) is 0 Å². The molecule has 182 valence electrons. The van der Waals surface area contributed by atoms with Crippen molar-refractivity contribution in [2.24, 2.45) is 0 Å². The minimum atomic E-state index is -5.08. The molecule has 2 aromatic carbocycles. The van der Waals surface area contributed by atoms with Crippen LogP contribution in [0.25, 0.3) is 0 Å². The molecule has 0 N–H and O–H groups in total. The Kier molecular flexibility index (Phi) is 7.72. The maximum Gasteiger partial charge on any atom is 0.416 e. The highest BCUT2D eigenvalue weighted by molar-refractivity contribution is 7.87. The van der Waals surface area contributed by atoms with Crippen LogP contribution >= 0.6 is 0 Å². The van der Waals surface area contributed by atoms with E-state index in [-0.39, 0.29) is 24.1 Å². The summed E-state index contributed by atoms with van der Waals surface area (Å²) in [5.41, 5.74) is -3.45. The molecule has 0 aliphatic rings. The summed E-state index contributed by atoms with van der Waals surface area (Å²) in [6.07, 6.45) is -10.2. The van der Waals surface area contributed by atoms with Gasteiger partial charge in [-0.1, -0.05) is 12.1 Å². The summed E-state index contributed by atoms with van der Waals surface area (Å²) in [6.45, 7) is 4.37. The first kappa shape index (κ1) is 26.5. The van der Waals surface area contributed by atoms with Crippen LogP contribution in [0.1, 0.15) is 47.8 Å². The number of amides is 1. The molecule has 0 radical (unpaired) electrons. The molecule has 12 heteroatoms. The number of carbonyl (C=O) groups is 1. The van der Waals surface area contributed by atoms with Crippen molar-refractivity contribution in [3.8, 4) is 5.75 Å². The van der Waals surface area contributed by atoms with Gasteiger partial charge in [0.15, 0.2) is 0 Å². The predicted molar refractivity (Wildman–Crippen MR) is 108 cm³/mol. The second-order valence-electron chi connectivity index (χ2n) is 7.39. The minimum Gasteiger partial charge on any atom is -0.382 e. The average Bonchev–Trinajstić information content (AvgIpc) is 2.70. The van der Waals surface area contributed by atoms with Crippen LogP contribution in [0.15, 0.2) is 42.5 Å². The first-order chi connectivity index (χ1) is 15.0. The number of nitrogens with zero attached hydrogens (tertiary/aromatic N) is 1. The number of hydrogen-bond acceptors (Lipinski definition) is 4. The van der Waals surface area contributed by atoms with Crippen LogP contribution < -0.4 is 4.18 Å². The molecule has 0 aromatic heterocycles. The third-order valence-corrected chi connectivity index (χ3v) is 5.73. The van der Waals surface area contributed by atoms with E-state index in [0.717, 1.165) is 4.90 Å². The van der Waals surface area contributed by atoms with Crippen LogP contribution in [0.5, 0.6) is 5.75 Å². The number of carbonyl (C=O) groups excluding carboxylic acids is 1. The normalized spacial score (nSPS) is 12.7. The van der Waals surface area contributed by atoms with E-state index < -0.39 is 51.1 Å². The lowest BCUT2D eigenvalue weighted by Gasteiger charge is -2.28. The molecule has 0 fully saturated rings. The highest BCUT2D eigenvalue weighted by Gasteiger charge is 2.38. The lowest BCUT2D eigenvalue weighted by Crippen LogP contribution is -2.36. The van der Waals surface area contributed by atoms with Gasteiger partial charge in [-0.05, 0) is 56.7 Å². The topological polar surface area (TPSA) is 63.7 Å². The van der Waals surface area contributed by atoms with Crippen molar-refractivity contribution < 1.29 is 43.7 Å². The van der Waals surface area contributed by atoms with Gasteiger partial charge in [-0.25, -0.2) is 0 Å². The smallest absolute Gasteiger partial charge is 0.382 e. The molecule has 2 aromatic rings. The van der Waals surface area contributed by atoms with Crippen molar-refractivity contribution in [2.45, 2.75) is 45.7 Å². The van der Waals surface area contributed by atoms with E-state index in [0.29, 0.717) is 17.7 Å². The second-order valence-corrected chi connectivity index (χ2v) is 9.25. The molecule has 0 unspecified atom stereocenters. The summed E-state index contributed by atoms with van der Waals surface area (Å²) >= 11 is 0. The predicted octanol–water partition coefficient (Wildman–Crippen LogP) is 5.50. The number of hydrogen-bond donors (Lipinski definition) is 0. The SMILES string of the molecule is CCS(=O)(=O)Oc1ccc(CN(C(=O)c2cc(C(F)(F)F)cc(C(F)(F)F)c2)C(C)C)cc1. The van der Waals surface area contributed by atoms with E-state index in [1.807, 2.05) is 0 Å². The van der Waals surface area contributed by atoms with Crippen LogP contribution in [-0.4, -0.2) is 31.0 Å². The van der Waals surface area contributed by atoms with Gasteiger partial charge in [-0.2, -0.15) is 34.8 Å². The van der Waals surface area contributed by atoms with Crippen molar-refractivity contribution in [3.63, 3.8) is 0 Å². The molecular formula is C21H21F6NO4S. The fraction of sp³-hybridized carbons (Fsp3) is 0.381. The van der Waals surface area contributed by atoms with Gasteiger partial charge >= 0.3 is 22.5 Å². The first-order valence-corrected chi connectivity index (χ1v) is 11.2. The zero-order valence-corrected chi connectivity index (χ0v) is 18.6. The number of alkyl halides is 6. The van der Waals surface area contributed by atoms with Gasteiger partial charge in [-0.3, -0.25) is 4.79 Å². The molecule has 0 saturated carbocycles. The highest BCUT2D eigenvalue weighted by Crippen LogP contribution is 2.36. The third-order valence-electron chi connectivity index (χ3n) is 4.57. The molecule has 0 aliphatic heterocycles. The summed E-state index contributed by atoms with van der Waals surface area (Å²) in [7, 11) is -3.75. The monoisotopic (exact) mass is 497 g/mol. The first-order valence-electron chi connectivity index (χ1n) is 9.65. The zero-order valence-electron chi connectivity index (χ0n) is 17.8. The minimum absolute atomic E-state index is 0.0238. The third kappa shape index (κ3) is 7.11. The maximum absolute atomic E-state index is 13.1. The Hall–Kier alpha value is -2.76.